The minimum absolute atomic E-state index is 0.307. The normalized spacial score (nSPS) is 10.5. The maximum atomic E-state index is 11.4. The van der Waals surface area contributed by atoms with Crippen molar-refractivity contribution in [3.8, 4) is 0 Å². The van der Waals surface area contributed by atoms with Crippen molar-refractivity contribution in [1.82, 2.24) is 15.2 Å². The summed E-state index contributed by atoms with van der Waals surface area (Å²) in [6, 6.07) is 7.42. The summed E-state index contributed by atoms with van der Waals surface area (Å²) in [5, 5.41) is 4.42. The Balaban J connectivity index is 2.27. The summed E-state index contributed by atoms with van der Waals surface area (Å²) in [5.74, 6) is 4.80. The third kappa shape index (κ3) is 3.02. The third-order valence-electron chi connectivity index (χ3n) is 2.87. The molecule has 1 heterocycles. The van der Waals surface area contributed by atoms with E-state index in [1.165, 1.54) is 0 Å². The van der Waals surface area contributed by atoms with Crippen LogP contribution in [0.4, 0.5) is 0 Å². The number of halogens is 1. The van der Waals surface area contributed by atoms with Gasteiger partial charge in [0.25, 0.3) is 5.91 Å². The molecule has 0 fully saturated rings. The van der Waals surface area contributed by atoms with Crippen LogP contribution in [0.1, 0.15) is 27.3 Å². The molecular weight excluding hydrogens is 308 g/mol. The quantitative estimate of drug-likeness (QED) is 0.515. The van der Waals surface area contributed by atoms with Gasteiger partial charge in [-0.15, -0.1) is 0 Å². The number of hydrazine groups is 1. The van der Waals surface area contributed by atoms with Gasteiger partial charge < -0.3 is 0 Å². The first-order valence-corrected chi connectivity index (χ1v) is 6.61. The summed E-state index contributed by atoms with van der Waals surface area (Å²) in [4.78, 5) is 11.4. The van der Waals surface area contributed by atoms with Crippen molar-refractivity contribution in [1.29, 1.82) is 0 Å². The van der Waals surface area contributed by atoms with Gasteiger partial charge in [-0.2, -0.15) is 5.10 Å². The van der Waals surface area contributed by atoms with E-state index in [1.807, 2.05) is 30.7 Å². The van der Waals surface area contributed by atoms with E-state index in [1.54, 1.807) is 12.1 Å². The molecule has 0 aliphatic heterocycles. The zero-order valence-corrected chi connectivity index (χ0v) is 12.4. The minimum atomic E-state index is -0.307. The number of carbonyl (C=O) groups is 1. The first-order valence-electron chi connectivity index (χ1n) is 5.81. The van der Waals surface area contributed by atoms with E-state index in [9.17, 15) is 4.79 Å². The summed E-state index contributed by atoms with van der Waals surface area (Å²) < 4.78 is 2.79. The molecule has 0 radical (unpaired) electrons. The third-order valence-corrected chi connectivity index (χ3v) is 3.61. The average Bonchev–Trinajstić information content (AvgIpc) is 2.69. The van der Waals surface area contributed by atoms with Crippen molar-refractivity contribution in [3.63, 3.8) is 0 Å². The molecule has 100 valence electrons. The van der Waals surface area contributed by atoms with E-state index < -0.39 is 0 Å². The molecule has 0 aliphatic carbocycles. The van der Waals surface area contributed by atoms with Crippen LogP contribution >= 0.6 is 15.9 Å². The van der Waals surface area contributed by atoms with Gasteiger partial charge in [-0.05, 0) is 37.6 Å². The van der Waals surface area contributed by atoms with E-state index >= 15 is 0 Å². The highest BCUT2D eigenvalue weighted by Gasteiger charge is 2.09. The molecule has 2 rings (SSSR count). The second-order valence-corrected chi connectivity index (χ2v) is 5.22. The molecule has 2 aromatic rings. The summed E-state index contributed by atoms with van der Waals surface area (Å²) in [7, 11) is 0. The highest BCUT2D eigenvalue weighted by atomic mass is 79.9. The molecule has 5 nitrogen and oxygen atoms in total. The molecule has 19 heavy (non-hydrogen) atoms. The number of carbonyl (C=O) groups excluding carboxylic acids is 1. The van der Waals surface area contributed by atoms with Gasteiger partial charge >= 0.3 is 0 Å². The zero-order chi connectivity index (χ0) is 14.0. The number of nitrogen functional groups attached to an aromatic ring is 1. The molecule has 0 bridgehead atoms. The van der Waals surface area contributed by atoms with Crippen molar-refractivity contribution < 1.29 is 4.79 Å². The number of nitrogens with two attached hydrogens (primary N) is 1. The van der Waals surface area contributed by atoms with Crippen LogP contribution in [0.2, 0.25) is 0 Å². The van der Waals surface area contributed by atoms with Crippen LogP contribution in [-0.2, 0) is 6.54 Å². The molecule has 1 aromatic carbocycles. The molecule has 0 unspecified atom stereocenters. The van der Waals surface area contributed by atoms with Crippen molar-refractivity contribution in [2.24, 2.45) is 5.84 Å². The van der Waals surface area contributed by atoms with Crippen molar-refractivity contribution in [3.05, 3.63) is 51.3 Å². The predicted octanol–water partition coefficient (Wildman–Crippen LogP) is 1.91. The lowest BCUT2D eigenvalue weighted by Crippen LogP contribution is -2.29. The molecule has 6 heteroatoms. The van der Waals surface area contributed by atoms with Gasteiger partial charge in [0.2, 0.25) is 0 Å². The lowest BCUT2D eigenvalue weighted by molar-refractivity contribution is 0.0953. The van der Waals surface area contributed by atoms with Crippen LogP contribution in [0.15, 0.2) is 28.7 Å². The number of nitrogens with one attached hydrogen (secondary N) is 1. The maximum Gasteiger partial charge on any atom is 0.265 e. The minimum Gasteiger partial charge on any atom is -0.290 e. The van der Waals surface area contributed by atoms with Crippen LogP contribution in [0, 0.1) is 13.8 Å². The second-order valence-electron chi connectivity index (χ2n) is 4.36. The first-order chi connectivity index (χ1) is 9.01. The van der Waals surface area contributed by atoms with E-state index in [0.717, 1.165) is 21.4 Å². The van der Waals surface area contributed by atoms with Gasteiger partial charge in [-0.3, -0.25) is 14.9 Å². The van der Waals surface area contributed by atoms with Gasteiger partial charge in [-0.25, -0.2) is 5.84 Å². The van der Waals surface area contributed by atoms with Gasteiger partial charge in [-0.1, -0.05) is 22.0 Å². The van der Waals surface area contributed by atoms with Gasteiger partial charge in [0.1, 0.15) is 0 Å². The number of aromatic nitrogens is 2. The van der Waals surface area contributed by atoms with Crippen LogP contribution in [0.5, 0.6) is 0 Å². The van der Waals surface area contributed by atoms with Gasteiger partial charge in [0, 0.05) is 15.7 Å². The Kier molecular flexibility index (Phi) is 4.01. The van der Waals surface area contributed by atoms with Gasteiger partial charge in [0.05, 0.1) is 12.2 Å². The number of amides is 1. The summed E-state index contributed by atoms with van der Waals surface area (Å²) in [5.41, 5.74) is 5.79. The average molecular weight is 323 g/mol. The van der Waals surface area contributed by atoms with Crippen LogP contribution in [0.25, 0.3) is 0 Å². The topological polar surface area (TPSA) is 72.9 Å². The molecule has 0 saturated heterocycles. The Bertz CT molecular complexity index is 621. The van der Waals surface area contributed by atoms with Crippen LogP contribution < -0.4 is 11.3 Å². The van der Waals surface area contributed by atoms with E-state index in [-0.39, 0.29) is 5.91 Å². The lowest BCUT2D eigenvalue weighted by Gasteiger charge is -2.08. The summed E-state index contributed by atoms with van der Waals surface area (Å²) in [6.45, 7) is 4.64. The number of hydrogen-bond donors (Lipinski definition) is 2. The Labute approximate surface area is 119 Å². The predicted molar refractivity (Wildman–Crippen MR) is 76.6 cm³/mol. The maximum absolute atomic E-state index is 11.4. The fourth-order valence-electron chi connectivity index (χ4n) is 1.90. The number of rotatable bonds is 3. The lowest BCUT2D eigenvalue weighted by atomic mass is 10.1. The van der Waals surface area contributed by atoms with Crippen molar-refractivity contribution >= 4 is 21.8 Å². The number of hydrogen-bond acceptors (Lipinski definition) is 3. The molecule has 0 saturated carbocycles. The molecule has 3 N–H and O–H groups in total. The Hall–Kier alpha value is -1.66. The molecular formula is C13H15BrN4O. The molecule has 0 spiro atoms. The second kappa shape index (κ2) is 5.54. The van der Waals surface area contributed by atoms with E-state index in [4.69, 9.17) is 5.84 Å². The molecule has 0 atom stereocenters. The SMILES string of the molecule is Cc1cc(C)n(Cc2ccc(C(=O)NN)cc2Br)n1. The van der Waals surface area contributed by atoms with Crippen molar-refractivity contribution in [2.45, 2.75) is 20.4 Å². The summed E-state index contributed by atoms with van der Waals surface area (Å²) in [6.07, 6.45) is 0. The van der Waals surface area contributed by atoms with E-state index in [0.29, 0.717) is 12.1 Å². The highest BCUT2D eigenvalue weighted by molar-refractivity contribution is 9.10. The number of aryl methyl sites for hydroxylation is 2. The zero-order valence-electron chi connectivity index (χ0n) is 10.8. The molecule has 1 aromatic heterocycles. The monoisotopic (exact) mass is 322 g/mol. The fraction of sp³-hybridized carbons (Fsp3) is 0.231. The summed E-state index contributed by atoms with van der Waals surface area (Å²) >= 11 is 3.47. The first kappa shape index (κ1) is 13.8. The largest absolute Gasteiger partial charge is 0.290 e. The Morgan fingerprint density at radius 1 is 1.42 bits per heavy atom. The number of nitrogens with zero attached hydrogens (tertiary/aromatic N) is 2. The number of benzene rings is 1. The molecule has 1 amide bonds. The van der Waals surface area contributed by atoms with Gasteiger partial charge in [0.15, 0.2) is 0 Å². The Morgan fingerprint density at radius 3 is 2.68 bits per heavy atom. The highest BCUT2D eigenvalue weighted by Crippen LogP contribution is 2.20. The fourth-order valence-corrected chi connectivity index (χ4v) is 2.40. The standard InChI is InChI=1S/C13H15BrN4O/c1-8-5-9(2)18(17-8)7-11-4-3-10(6-12(11)14)13(19)16-15/h3-6H,7,15H2,1-2H3,(H,16,19). The van der Waals surface area contributed by atoms with E-state index in [2.05, 4.69) is 26.5 Å². The van der Waals surface area contributed by atoms with Crippen molar-refractivity contribution in [2.75, 3.05) is 0 Å². The van der Waals surface area contributed by atoms with Crippen LogP contribution in [0.3, 0.4) is 0 Å². The smallest absolute Gasteiger partial charge is 0.265 e. The Morgan fingerprint density at radius 2 is 2.16 bits per heavy atom. The van der Waals surface area contributed by atoms with Crippen LogP contribution in [-0.4, -0.2) is 15.7 Å². The molecule has 0 aliphatic rings.